The Morgan fingerprint density at radius 3 is 2.32 bits per heavy atom. The third-order valence-electron chi connectivity index (χ3n) is 4.78. The predicted molar refractivity (Wildman–Crippen MR) is 102 cm³/mol. The molecule has 1 amide bonds. The van der Waals surface area contributed by atoms with Crippen LogP contribution in [0.5, 0.6) is 0 Å². The molecule has 1 aromatic heterocycles. The molecule has 0 bridgehead atoms. The molecule has 1 fully saturated rings. The minimum atomic E-state index is -0.0592. The van der Waals surface area contributed by atoms with Crippen LogP contribution in [0.3, 0.4) is 0 Å². The number of carbonyl (C=O) groups excluding carboxylic acids is 1. The molecule has 2 heterocycles. The molecule has 0 saturated carbocycles. The summed E-state index contributed by atoms with van der Waals surface area (Å²) < 4.78 is 0. The molecule has 5 heteroatoms. The Morgan fingerprint density at radius 2 is 1.76 bits per heavy atom. The number of aromatic nitrogens is 1. The molecule has 0 atom stereocenters. The Labute approximate surface area is 149 Å². The Hall–Kier alpha value is -2.40. The maximum absolute atomic E-state index is 12.8. The number of nitrogens with zero attached hydrogens (tertiary/aromatic N) is 4. The summed E-state index contributed by atoms with van der Waals surface area (Å²) >= 11 is 0. The average molecular weight is 338 g/mol. The van der Waals surface area contributed by atoms with Gasteiger partial charge in [-0.1, -0.05) is 25.1 Å². The number of rotatable bonds is 5. The highest BCUT2D eigenvalue weighted by molar-refractivity contribution is 6.04. The van der Waals surface area contributed by atoms with Crippen molar-refractivity contribution < 1.29 is 4.79 Å². The van der Waals surface area contributed by atoms with Crippen LogP contribution in [0.2, 0.25) is 0 Å². The molecule has 25 heavy (non-hydrogen) atoms. The Balaban J connectivity index is 1.70. The minimum Gasteiger partial charge on any atom is -0.368 e. The number of amides is 1. The highest BCUT2D eigenvalue weighted by Crippen LogP contribution is 2.19. The van der Waals surface area contributed by atoms with Crippen molar-refractivity contribution in [1.29, 1.82) is 0 Å². The smallest absolute Gasteiger partial charge is 0.276 e. The van der Waals surface area contributed by atoms with Crippen molar-refractivity contribution >= 4 is 17.3 Å². The zero-order chi connectivity index (χ0) is 17.6. The van der Waals surface area contributed by atoms with E-state index >= 15 is 0 Å². The number of carbonyl (C=O) groups is 1. The van der Waals surface area contributed by atoms with Crippen molar-refractivity contribution in [3.05, 3.63) is 54.4 Å². The first-order valence-electron chi connectivity index (χ1n) is 9.03. The first kappa shape index (κ1) is 17.4. The second-order valence-electron chi connectivity index (χ2n) is 6.21. The van der Waals surface area contributed by atoms with Crippen molar-refractivity contribution in [3.8, 4) is 0 Å². The number of anilines is 2. The lowest BCUT2D eigenvalue weighted by Gasteiger charge is -2.35. The van der Waals surface area contributed by atoms with Gasteiger partial charge in [-0.2, -0.15) is 0 Å². The number of piperazine rings is 1. The topological polar surface area (TPSA) is 39.7 Å². The van der Waals surface area contributed by atoms with E-state index in [0.29, 0.717) is 12.2 Å². The monoisotopic (exact) mass is 338 g/mol. The molecular formula is C20H26N4O. The van der Waals surface area contributed by atoms with Gasteiger partial charge in [0.2, 0.25) is 0 Å². The summed E-state index contributed by atoms with van der Waals surface area (Å²) in [6, 6.07) is 13.6. The van der Waals surface area contributed by atoms with Crippen LogP contribution in [-0.4, -0.2) is 55.1 Å². The lowest BCUT2D eigenvalue weighted by molar-refractivity contribution is 0.0983. The van der Waals surface area contributed by atoms with Crippen LogP contribution in [0, 0.1) is 0 Å². The van der Waals surface area contributed by atoms with Gasteiger partial charge in [-0.25, -0.2) is 4.98 Å². The molecule has 1 aromatic carbocycles. The van der Waals surface area contributed by atoms with Gasteiger partial charge in [-0.3, -0.25) is 4.79 Å². The molecule has 1 aliphatic rings. The summed E-state index contributed by atoms with van der Waals surface area (Å²) in [7, 11) is 0. The average Bonchev–Trinajstić information content (AvgIpc) is 2.69. The molecule has 1 aliphatic heterocycles. The van der Waals surface area contributed by atoms with E-state index in [2.05, 4.69) is 21.7 Å². The maximum Gasteiger partial charge on any atom is 0.276 e. The number of hydrogen-bond donors (Lipinski definition) is 0. The van der Waals surface area contributed by atoms with Crippen LogP contribution in [-0.2, 0) is 0 Å². The fraction of sp³-hybridized carbons (Fsp3) is 0.400. The van der Waals surface area contributed by atoms with Gasteiger partial charge in [-0.05, 0) is 37.7 Å². The van der Waals surface area contributed by atoms with E-state index in [9.17, 15) is 4.79 Å². The summed E-state index contributed by atoms with van der Waals surface area (Å²) in [6.45, 7) is 10.1. The van der Waals surface area contributed by atoms with Crippen molar-refractivity contribution in [2.45, 2.75) is 13.8 Å². The number of hydrogen-bond acceptors (Lipinski definition) is 4. The van der Waals surface area contributed by atoms with E-state index in [1.807, 2.05) is 55.6 Å². The van der Waals surface area contributed by atoms with Crippen molar-refractivity contribution in [2.75, 3.05) is 49.1 Å². The fourth-order valence-corrected chi connectivity index (χ4v) is 3.21. The van der Waals surface area contributed by atoms with Crippen molar-refractivity contribution in [2.24, 2.45) is 0 Å². The highest BCUT2D eigenvalue weighted by Gasteiger charge is 2.19. The molecule has 0 N–H and O–H groups in total. The molecule has 0 radical (unpaired) electrons. The first-order valence-corrected chi connectivity index (χ1v) is 9.03. The van der Waals surface area contributed by atoms with Gasteiger partial charge in [0.15, 0.2) is 0 Å². The molecule has 5 nitrogen and oxygen atoms in total. The lowest BCUT2D eigenvalue weighted by Crippen LogP contribution is -2.46. The molecule has 0 spiro atoms. The van der Waals surface area contributed by atoms with Gasteiger partial charge in [-0.15, -0.1) is 0 Å². The van der Waals surface area contributed by atoms with E-state index in [0.717, 1.165) is 44.1 Å². The van der Waals surface area contributed by atoms with Crippen LogP contribution in [0.1, 0.15) is 24.3 Å². The van der Waals surface area contributed by atoms with Crippen LogP contribution < -0.4 is 9.80 Å². The van der Waals surface area contributed by atoms with Crippen LogP contribution in [0.15, 0.2) is 48.7 Å². The highest BCUT2D eigenvalue weighted by atomic mass is 16.2. The van der Waals surface area contributed by atoms with Gasteiger partial charge in [0.1, 0.15) is 5.69 Å². The van der Waals surface area contributed by atoms with Crippen LogP contribution >= 0.6 is 0 Å². The largest absolute Gasteiger partial charge is 0.368 e. The van der Waals surface area contributed by atoms with Gasteiger partial charge in [0.25, 0.3) is 5.91 Å². The van der Waals surface area contributed by atoms with E-state index in [-0.39, 0.29) is 5.91 Å². The molecule has 3 rings (SSSR count). The Kier molecular flexibility index (Phi) is 5.66. The first-order chi connectivity index (χ1) is 12.2. The van der Waals surface area contributed by atoms with E-state index < -0.39 is 0 Å². The number of benzene rings is 1. The predicted octanol–water partition coefficient (Wildman–Crippen LogP) is 2.89. The van der Waals surface area contributed by atoms with Gasteiger partial charge < -0.3 is 14.7 Å². The molecule has 0 aliphatic carbocycles. The van der Waals surface area contributed by atoms with Gasteiger partial charge in [0, 0.05) is 38.4 Å². The molecule has 132 valence electrons. The van der Waals surface area contributed by atoms with Crippen LogP contribution in [0.4, 0.5) is 11.4 Å². The summed E-state index contributed by atoms with van der Waals surface area (Å²) in [5, 5.41) is 0. The summed E-state index contributed by atoms with van der Waals surface area (Å²) in [5.74, 6) is -0.0592. The van der Waals surface area contributed by atoms with E-state index in [1.165, 1.54) is 0 Å². The third kappa shape index (κ3) is 3.99. The zero-order valence-electron chi connectivity index (χ0n) is 15.1. The van der Waals surface area contributed by atoms with Gasteiger partial charge in [0.05, 0.1) is 11.9 Å². The zero-order valence-corrected chi connectivity index (χ0v) is 15.1. The van der Waals surface area contributed by atoms with E-state index in [1.54, 1.807) is 4.90 Å². The summed E-state index contributed by atoms with van der Waals surface area (Å²) in [4.78, 5) is 23.8. The SMILES string of the molecule is CCN1CCN(c2ccc(C(=O)N(CC)c3ccccc3)nc2)CC1. The standard InChI is InChI=1S/C20H26N4O/c1-3-22-12-14-23(15-13-22)18-10-11-19(21-16-18)20(25)24(4-2)17-8-6-5-7-9-17/h5-11,16H,3-4,12-15H2,1-2H3. The summed E-state index contributed by atoms with van der Waals surface area (Å²) in [6.07, 6.45) is 1.83. The second kappa shape index (κ2) is 8.12. The molecule has 0 unspecified atom stereocenters. The number of para-hydroxylation sites is 1. The Bertz CT molecular complexity index is 679. The number of likely N-dealkylation sites (N-methyl/N-ethyl adjacent to an activating group) is 1. The van der Waals surface area contributed by atoms with Crippen molar-refractivity contribution in [3.63, 3.8) is 0 Å². The van der Waals surface area contributed by atoms with Crippen molar-refractivity contribution in [1.82, 2.24) is 9.88 Å². The quantitative estimate of drug-likeness (QED) is 0.840. The van der Waals surface area contributed by atoms with Crippen LogP contribution in [0.25, 0.3) is 0 Å². The molecule has 2 aromatic rings. The Morgan fingerprint density at radius 1 is 1.04 bits per heavy atom. The number of pyridine rings is 1. The summed E-state index contributed by atoms with van der Waals surface area (Å²) in [5.41, 5.74) is 2.48. The van der Waals surface area contributed by atoms with E-state index in [4.69, 9.17) is 0 Å². The molecule has 1 saturated heterocycles. The van der Waals surface area contributed by atoms with Gasteiger partial charge >= 0.3 is 0 Å². The second-order valence-corrected chi connectivity index (χ2v) is 6.21. The lowest BCUT2D eigenvalue weighted by atomic mass is 10.2. The molecular weight excluding hydrogens is 312 g/mol. The normalized spacial score (nSPS) is 15.2. The third-order valence-corrected chi connectivity index (χ3v) is 4.78. The maximum atomic E-state index is 12.8. The fourth-order valence-electron chi connectivity index (χ4n) is 3.21. The minimum absolute atomic E-state index is 0.0592.